The molecule has 5 heteroatoms. The van der Waals surface area contributed by atoms with Gasteiger partial charge in [0.25, 0.3) is 0 Å². The van der Waals surface area contributed by atoms with Crippen LogP contribution in [0.5, 0.6) is 0 Å². The highest BCUT2D eigenvalue weighted by Crippen LogP contribution is 2.36. The summed E-state index contributed by atoms with van der Waals surface area (Å²) in [5.41, 5.74) is 0. The quantitative estimate of drug-likeness (QED) is 0.319. The Labute approximate surface area is 151 Å². The van der Waals surface area contributed by atoms with E-state index in [2.05, 4.69) is 6.92 Å². The van der Waals surface area contributed by atoms with Gasteiger partial charge < -0.3 is 20.4 Å². The van der Waals surface area contributed by atoms with E-state index in [0.29, 0.717) is 25.7 Å². The first-order chi connectivity index (χ1) is 12.0. The monoisotopic (exact) mass is 354 g/mol. The van der Waals surface area contributed by atoms with Crippen molar-refractivity contribution in [2.75, 3.05) is 0 Å². The number of carboxylic acids is 1. The van der Waals surface area contributed by atoms with Crippen LogP contribution in [0.25, 0.3) is 0 Å². The van der Waals surface area contributed by atoms with E-state index in [0.717, 1.165) is 25.7 Å². The lowest BCUT2D eigenvalue weighted by atomic mass is 9.89. The van der Waals surface area contributed by atoms with Crippen molar-refractivity contribution in [3.63, 3.8) is 0 Å². The smallest absolute Gasteiger partial charge is 0.303 e. The molecule has 1 fully saturated rings. The zero-order valence-corrected chi connectivity index (χ0v) is 15.3. The summed E-state index contributed by atoms with van der Waals surface area (Å²) in [7, 11) is 0. The Morgan fingerprint density at radius 1 is 1.16 bits per heavy atom. The first-order valence-electron chi connectivity index (χ1n) is 9.55. The van der Waals surface area contributed by atoms with E-state index in [-0.39, 0.29) is 18.3 Å². The maximum Gasteiger partial charge on any atom is 0.303 e. The molecule has 1 rings (SSSR count). The molecule has 4 N–H and O–H groups in total. The summed E-state index contributed by atoms with van der Waals surface area (Å²) in [6.07, 6.45) is 12.3. The summed E-state index contributed by atoms with van der Waals surface area (Å²) >= 11 is 0. The van der Waals surface area contributed by atoms with Gasteiger partial charge in [-0.3, -0.25) is 4.79 Å². The van der Waals surface area contributed by atoms with Gasteiger partial charge in [-0.2, -0.15) is 0 Å². The van der Waals surface area contributed by atoms with Crippen molar-refractivity contribution in [2.24, 2.45) is 11.8 Å². The number of allylic oxidation sites excluding steroid dienone is 2. The van der Waals surface area contributed by atoms with Gasteiger partial charge in [-0.25, -0.2) is 0 Å². The van der Waals surface area contributed by atoms with Crippen LogP contribution in [0, 0.1) is 11.8 Å². The molecular formula is C20H34O5. The minimum Gasteiger partial charge on any atom is -0.481 e. The van der Waals surface area contributed by atoms with E-state index in [4.69, 9.17) is 5.11 Å². The fourth-order valence-electron chi connectivity index (χ4n) is 3.41. The number of hydrogen-bond donors (Lipinski definition) is 4. The first kappa shape index (κ1) is 21.9. The van der Waals surface area contributed by atoms with E-state index in [1.807, 2.05) is 18.2 Å². The summed E-state index contributed by atoms with van der Waals surface area (Å²) in [4.78, 5) is 10.5. The van der Waals surface area contributed by atoms with Crippen LogP contribution in [-0.2, 0) is 4.79 Å². The molecule has 0 saturated heterocycles. The summed E-state index contributed by atoms with van der Waals surface area (Å²) in [5.74, 6) is -1.00. The molecule has 0 radical (unpaired) electrons. The fourth-order valence-corrected chi connectivity index (χ4v) is 3.41. The Hall–Kier alpha value is -1.17. The fraction of sp³-hybridized carbons (Fsp3) is 0.750. The third-order valence-electron chi connectivity index (χ3n) is 4.91. The zero-order valence-electron chi connectivity index (χ0n) is 15.3. The molecule has 0 spiro atoms. The van der Waals surface area contributed by atoms with Gasteiger partial charge in [-0.15, -0.1) is 0 Å². The lowest BCUT2D eigenvalue weighted by molar-refractivity contribution is -0.137. The highest BCUT2D eigenvalue weighted by Gasteiger charge is 2.39. The highest BCUT2D eigenvalue weighted by atomic mass is 16.4. The van der Waals surface area contributed by atoms with Gasteiger partial charge in [0.2, 0.25) is 0 Å². The molecule has 0 heterocycles. The topological polar surface area (TPSA) is 98.0 Å². The normalized spacial score (nSPS) is 28.2. The molecule has 0 aromatic carbocycles. The van der Waals surface area contributed by atoms with Crippen molar-refractivity contribution in [1.29, 1.82) is 0 Å². The summed E-state index contributed by atoms with van der Waals surface area (Å²) in [6.45, 7) is 2.12. The van der Waals surface area contributed by atoms with Crippen LogP contribution < -0.4 is 0 Å². The van der Waals surface area contributed by atoms with E-state index in [1.54, 1.807) is 6.08 Å². The summed E-state index contributed by atoms with van der Waals surface area (Å²) in [5, 5.41) is 39.0. The van der Waals surface area contributed by atoms with Crippen LogP contribution >= 0.6 is 0 Å². The molecule has 1 aliphatic carbocycles. The number of aliphatic hydroxyl groups is 3. The molecule has 1 aliphatic rings. The van der Waals surface area contributed by atoms with Gasteiger partial charge in [0, 0.05) is 18.8 Å². The van der Waals surface area contributed by atoms with Crippen LogP contribution in [0.3, 0.4) is 0 Å². The van der Waals surface area contributed by atoms with Crippen molar-refractivity contribution in [3.8, 4) is 0 Å². The minimum absolute atomic E-state index is 0.0650. The molecule has 0 amide bonds. The largest absolute Gasteiger partial charge is 0.481 e. The van der Waals surface area contributed by atoms with Crippen LogP contribution in [0.2, 0.25) is 0 Å². The Balaban J connectivity index is 2.46. The van der Waals surface area contributed by atoms with Gasteiger partial charge in [0.05, 0.1) is 18.3 Å². The van der Waals surface area contributed by atoms with Gasteiger partial charge in [-0.05, 0) is 31.6 Å². The molecular weight excluding hydrogens is 320 g/mol. The molecule has 1 saturated carbocycles. The van der Waals surface area contributed by atoms with E-state index in [1.165, 1.54) is 0 Å². The molecule has 2 unspecified atom stereocenters. The molecule has 144 valence electrons. The zero-order chi connectivity index (χ0) is 18.7. The molecule has 0 aromatic rings. The molecule has 5 atom stereocenters. The van der Waals surface area contributed by atoms with Crippen LogP contribution in [-0.4, -0.2) is 44.7 Å². The van der Waals surface area contributed by atoms with E-state index >= 15 is 0 Å². The van der Waals surface area contributed by atoms with Crippen molar-refractivity contribution in [3.05, 3.63) is 24.3 Å². The SMILES string of the molecule is CCCCC[C@H](O)/C=C/C1C(O)C[C@H](O)[C@@H]1C/C=C\CCCC(=O)O. The summed E-state index contributed by atoms with van der Waals surface area (Å²) in [6, 6.07) is 0. The van der Waals surface area contributed by atoms with Gasteiger partial charge >= 0.3 is 5.97 Å². The van der Waals surface area contributed by atoms with Gasteiger partial charge in [0.15, 0.2) is 0 Å². The van der Waals surface area contributed by atoms with Crippen molar-refractivity contribution < 1.29 is 25.2 Å². The Kier molecular flexibility index (Phi) is 10.7. The van der Waals surface area contributed by atoms with Crippen molar-refractivity contribution in [1.82, 2.24) is 0 Å². The van der Waals surface area contributed by atoms with Crippen molar-refractivity contribution >= 4 is 5.97 Å². The second-order valence-electron chi connectivity index (χ2n) is 7.05. The Bertz CT molecular complexity index is 432. The summed E-state index contributed by atoms with van der Waals surface area (Å²) < 4.78 is 0. The Morgan fingerprint density at radius 3 is 2.60 bits per heavy atom. The minimum atomic E-state index is -0.787. The van der Waals surface area contributed by atoms with Gasteiger partial charge in [-0.1, -0.05) is 50.5 Å². The number of unbranched alkanes of at least 4 members (excludes halogenated alkanes) is 3. The number of rotatable bonds is 12. The lowest BCUT2D eigenvalue weighted by Crippen LogP contribution is -2.20. The van der Waals surface area contributed by atoms with Gasteiger partial charge in [0.1, 0.15) is 0 Å². The van der Waals surface area contributed by atoms with Crippen LogP contribution in [0.4, 0.5) is 0 Å². The van der Waals surface area contributed by atoms with E-state index in [9.17, 15) is 20.1 Å². The molecule has 0 aromatic heterocycles. The average molecular weight is 354 g/mol. The van der Waals surface area contributed by atoms with Crippen molar-refractivity contribution in [2.45, 2.75) is 83.0 Å². The number of aliphatic carboxylic acids is 1. The number of carboxylic acid groups (broad SMARTS) is 1. The maximum atomic E-state index is 10.5. The van der Waals surface area contributed by atoms with Crippen LogP contribution in [0.15, 0.2) is 24.3 Å². The molecule has 0 aliphatic heterocycles. The average Bonchev–Trinajstić information content (AvgIpc) is 2.82. The standard InChI is InChI=1S/C20H34O5/c1-2-3-6-9-15(21)12-13-17-16(18(22)14-19(17)23)10-7-4-5-8-11-20(24)25/h4,7,12-13,15-19,21-23H,2-3,5-6,8-11,14H2,1H3,(H,24,25)/b7-4-,13-12+/t15-,16+,17?,18-,19?/m0/s1. The van der Waals surface area contributed by atoms with E-state index < -0.39 is 24.3 Å². The third kappa shape index (κ3) is 8.66. The lowest BCUT2D eigenvalue weighted by Gasteiger charge is -2.19. The molecule has 0 bridgehead atoms. The second kappa shape index (κ2) is 12.2. The predicted octanol–water partition coefficient (Wildman–Crippen LogP) is 3.04. The molecule has 25 heavy (non-hydrogen) atoms. The first-order valence-corrected chi connectivity index (χ1v) is 9.55. The molecule has 5 nitrogen and oxygen atoms in total. The number of carbonyl (C=O) groups is 1. The maximum absolute atomic E-state index is 10.5. The van der Waals surface area contributed by atoms with Crippen LogP contribution in [0.1, 0.15) is 64.7 Å². The Morgan fingerprint density at radius 2 is 1.92 bits per heavy atom. The highest BCUT2D eigenvalue weighted by molar-refractivity contribution is 5.66. The number of hydrogen-bond acceptors (Lipinski definition) is 4. The predicted molar refractivity (Wildman–Crippen MR) is 98.1 cm³/mol. The number of aliphatic hydroxyl groups excluding tert-OH is 3. The second-order valence-corrected chi connectivity index (χ2v) is 7.05. The third-order valence-corrected chi connectivity index (χ3v) is 4.91.